The van der Waals surface area contributed by atoms with E-state index >= 15 is 0 Å². The first-order valence-corrected chi connectivity index (χ1v) is 6.47. The van der Waals surface area contributed by atoms with E-state index in [4.69, 9.17) is 9.47 Å². The van der Waals surface area contributed by atoms with Crippen molar-refractivity contribution in [2.75, 3.05) is 13.7 Å². The maximum Gasteiger partial charge on any atom is 0.200 e. The van der Waals surface area contributed by atoms with E-state index in [9.17, 15) is 4.79 Å². The van der Waals surface area contributed by atoms with Crippen molar-refractivity contribution in [2.24, 2.45) is 0 Å². The fourth-order valence-electron chi connectivity index (χ4n) is 1.84. The molecule has 2 aromatic carbocycles. The predicted octanol–water partition coefficient (Wildman–Crippen LogP) is 3.57. The van der Waals surface area contributed by atoms with E-state index in [0.717, 1.165) is 5.56 Å². The molecule has 0 aromatic heterocycles. The summed E-state index contributed by atoms with van der Waals surface area (Å²) < 4.78 is 10.6. The zero-order valence-corrected chi connectivity index (χ0v) is 12.0. The molecule has 0 aliphatic heterocycles. The summed E-state index contributed by atoms with van der Waals surface area (Å²) in [5.74, 6) is 1.30. The van der Waals surface area contributed by atoms with Crippen LogP contribution in [0.25, 0.3) is 0 Å². The Balaban J connectivity index is 2.02. The van der Waals surface area contributed by atoms with Crippen LogP contribution in [0.1, 0.15) is 21.5 Å². The molecule has 104 valence electrons. The third-order valence-electron chi connectivity index (χ3n) is 3.24. The molecule has 0 spiro atoms. The third kappa shape index (κ3) is 3.38. The summed E-state index contributed by atoms with van der Waals surface area (Å²) in [5.41, 5.74) is 2.96. The lowest BCUT2D eigenvalue weighted by Crippen LogP contribution is -2.11. The molecule has 0 radical (unpaired) electrons. The monoisotopic (exact) mass is 270 g/mol. The molecule has 0 saturated carbocycles. The van der Waals surface area contributed by atoms with Crippen LogP contribution >= 0.6 is 0 Å². The van der Waals surface area contributed by atoms with E-state index in [-0.39, 0.29) is 12.4 Å². The summed E-state index contributed by atoms with van der Waals surface area (Å²) in [7, 11) is 1.60. The highest BCUT2D eigenvalue weighted by Crippen LogP contribution is 2.19. The number of rotatable bonds is 5. The van der Waals surface area contributed by atoms with Crippen LogP contribution in [0.5, 0.6) is 11.5 Å². The van der Waals surface area contributed by atoms with Crippen molar-refractivity contribution in [1.82, 2.24) is 0 Å². The van der Waals surface area contributed by atoms with Gasteiger partial charge in [0.05, 0.1) is 7.11 Å². The number of aryl methyl sites for hydroxylation is 2. The fourth-order valence-corrected chi connectivity index (χ4v) is 1.84. The van der Waals surface area contributed by atoms with Gasteiger partial charge in [0.25, 0.3) is 0 Å². The standard InChI is InChI=1S/C17H18O3/c1-12-7-8-14(9-13(12)2)17(18)11-20-16-6-4-5-15(10-16)19-3/h4-10H,11H2,1-3H3. The molecule has 0 fully saturated rings. The minimum absolute atomic E-state index is 0.0235. The predicted molar refractivity (Wildman–Crippen MR) is 78.7 cm³/mol. The first kappa shape index (κ1) is 14.1. The van der Waals surface area contributed by atoms with Gasteiger partial charge in [-0.1, -0.05) is 18.2 Å². The maximum atomic E-state index is 12.1. The topological polar surface area (TPSA) is 35.5 Å². The van der Waals surface area contributed by atoms with Crippen LogP contribution < -0.4 is 9.47 Å². The lowest BCUT2D eigenvalue weighted by Gasteiger charge is -2.08. The second-order valence-corrected chi connectivity index (χ2v) is 4.69. The molecular weight excluding hydrogens is 252 g/mol. The molecule has 0 aliphatic rings. The number of carbonyl (C=O) groups is 1. The van der Waals surface area contributed by atoms with E-state index in [2.05, 4.69) is 0 Å². The molecule has 0 unspecified atom stereocenters. The van der Waals surface area contributed by atoms with Crippen LogP contribution in [0.2, 0.25) is 0 Å². The summed E-state index contributed by atoms with van der Waals surface area (Å²) in [6.45, 7) is 4.04. The van der Waals surface area contributed by atoms with E-state index < -0.39 is 0 Å². The second-order valence-electron chi connectivity index (χ2n) is 4.69. The molecule has 2 aromatic rings. The van der Waals surface area contributed by atoms with Crippen LogP contribution in [-0.2, 0) is 0 Å². The number of hydrogen-bond donors (Lipinski definition) is 0. The molecule has 0 heterocycles. The largest absolute Gasteiger partial charge is 0.497 e. The number of methoxy groups -OCH3 is 1. The van der Waals surface area contributed by atoms with Crippen molar-refractivity contribution in [2.45, 2.75) is 13.8 Å². The highest BCUT2D eigenvalue weighted by molar-refractivity contribution is 5.97. The Bertz CT molecular complexity index is 617. The van der Waals surface area contributed by atoms with Crippen molar-refractivity contribution < 1.29 is 14.3 Å². The lowest BCUT2D eigenvalue weighted by atomic mass is 10.0. The Hall–Kier alpha value is -2.29. The van der Waals surface area contributed by atoms with Gasteiger partial charge in [-0.15, -0.1) is 0 Å². The number of ether oxygens (including phenoxy) is 2. The van der Waals surface area contributed by atoms with Crippen LogP contribution in [0.3, 0.4) is 0 Å². The number of benzene rings is 2. The summed E-state index contributed by atoms with van der Waals surface area (Å²) in [6, 6.07) is 12.9. The van der Waals surface area contributed by atoms with E-state index in [1.165, 1.54) is 5.56 Å². The molecule has 0 N–H and O–H groups in total. The Morgan fingerprint density at radius 1 is 1.00 bits per heavy atom. The molecule has 3 heteroatoms. The maximum absolute atomic E-state index is 12.1. The molecule has 3 nitrogen and oxygen atoms in total. The van der Waals surface area contributed by atoms with Gasteiger partial charge < -0.3 is 9.47 Å². The van der Waals surface area contributed by atoms with Gasteiger partial charge in [-0.25, -0.2) is 0 Å². The second kappa shape index (κ2) is 6.24. The minimum Gasteiger partial charge on any atom is -0.497 e. The van der Waals surface area contributed by atoms with E-state index in [0.29, 0.717) is 17.1 Å². The molecule has 0 bridgehead atoms. The third-order valence-corrected chi connectivity index (χ3v) is 3.24. The Morgan fingerprint density at radius 3 is 2.45 bits per heavy atom. The normalized spacial score (nSPS) is 10.2. The SMILES string of the molecule is COc1cccc(OCC(=O)c2ccc(C)c(C)c2)c1. The van der Waals surface area contributed by atoms with Gasteiger partial charge in [0.1, 0.15) is 11.5 Å². The fraction of sp³-hybridized carbons (Fsp3) is 0.235. The zero-order chi connectivity index (χ0) is 14.5. The average molecular weight is 270 g/mol. The van der Waals surface area contributed by atoms with Gasteiger partial charge in [0.15, 0.2) is 12.4 Å². The molecule has 2 rings (SSSR count). The summed E-state index contributed by atoms with van der Waals surface area (Å²) in [6.07, 6.45) is 0. The van der Waals surface area contributed by atoms with E-state index in [1.54, 1.807) is 19.2 Å². The Kier molecular flexibility index (Phi) is 4.41. The first-order chi connectivity index (χ1) is 9.60. The van der Waals surface area contributed by atoms with Crippen LogP contribution in [0.15, 0.2) is 42.5 Å². The quantitative estimate of drug-likeness (QED) is 0.779. The van der Waals surface area contributed by atoms with Crippen molar-refractivity contribution in [3.63, 3.8) is 0 Å². The van der Waals surface area contributed by atoms with Crippen LogP contribution in [0, 0.1) is 13.8 Å². The van der Waals surface area contributed by atoms with Gasteiger partial charge in [-0.05, 0) is 43.2 Å². The summed E-state index contributed by atoms with van der Waals surface area (Å²) in [5, 5.41) is 0. The molecule has 0 amide bonds. The smallest absolute Gasteiger partial charge is 0.200 e. The van der Waals surface area contributed by atoms with Crippen LogP contribution in [-0.4, -0.2) is 19.5 Å². The van der Waals surface area contributed by atoms with Crippen molar-refractivity contribution in [1.29, 1.82) is 0 Å². The van der Waals surface area contributed by atoms with Gasteiger partial charge >= 0.3 is 0 Å². The molecule has 0 aliphatic carbocycles. The molecule has 0 saturated heterocycles. The van der Waals surface area contributed by atoms with E-state index in [1.807, 2.05) is 44.2 Å². The average Bonchev–Trinajstić information content (AvgIpc) is 2.47. The lowest BCUT2D eigenvalue weighted by molar-refractivity contribution is 0.0921. The minimum atomic E-state index is -0.0316. The number of Topliss-reactive ketones (excluding diaryl/α,β-unsaturated/α-hetero) is 1. The van der Waals surface area contributed by atoms with Gasteiger partial charge in [0.2, 0.25) is 0 Å². The van der Waals surface area contributed by atoms with Gasteiger partial charge in [0, 0.05) is 11.6 Å². The first-order valence-electron chi connectivity index (χ1n) is 6.47. The number of carbonyl (C=O) groups excluding carboxylic acids is 1. The Labute approximate surface area is 119 Å². The van der Waals surface area contributed by atoms with Crippen molar-refractivity contribution in [3.8, 4) is 11.5 Å². The van der Waals surface area contributed by atoms with Crippen molar-refractivity contribution in [3.05, 3.63) is 59.2 Å². The summed E-state index contributed by atoms with van der Waals surface area (Å²) in [4.78, 5) is 12.1. The highest BCUT2D eigenvalue weighted by Gasteiger charge is 2.08. The van der Waals surface area contributed by atoms with Gasteiger partial charge in [-0.3, -0.25) is 4.79 Å². The van der Waals surface area contributed by atoms with Gasteiger partial charge in [-0.2, -0.15) is 0 Å². The zero-order valence-electron chi connectivity index (χ0n) is 12.0. The molecule has 0 atom stereocenters. The number of hydrogen-bond acceptors (Lipinski definition) is 3. The van der Waals surface area contributed by atoms with Crippen LogP contribution in [0.4, 0.5) is 0 Å². The molecular formula is C17H18O3. The van der Waals surface area contributed by atoms with Crippen molar-refractivity contribution >= 4 is 5.78 Å². The highest BCUT2D eigenvalue weighted by atomic mass is 16.5. The Morgan fingerprint density at radius 2 is 1.75 bits per heavy atom. The summed E-state index contributed by atoms with van der Waals surface area (Å²) >= 11 is 0. The number of ketones is 1. The molecule has 20 heavy (non-hydrogen) atoms.